The molecule has 3 saturated heterocycles. The van der Waals surface area contributed by atoms with Crippen molar-refractivity contribution < 1.29 is 18.7 Å². The van der Waals surface area contributed by atoms with E-state index in [0.717, 1.165) is 55.8 Å². The van der Waals surface area contributed by atoms with Gasteiger partial charge in [-0.1, -0.05) is 42.5 Å². The fourth-order valence-corrected chi connectivity index (χ4v) is 10.5. The third-order valence-electron chi connectivity index (χ3n) is 10.2. The van der Waals surface area contributed by atoms with Crippen molar-refractivity contribution in [2.45, 2.75) is 88.4 Å². The molecule has 2 N–H and O–H groups in total. The number of hydrogen-bond donors (Lipinski definition) is 2. The first-order chi connectivity index (χ1) is 21.7. The van der Waals surface area contributed by atoms with E-state index in [2.05, 4.69) is 63.9 Å². The summed E-state index contributed by atoms with van der Waals surface area (Å²) in [6, 6.07) is 18.7. The molecule has 242 valence electrons. The van der Waals surface area contributed by atoms with E-state index < -0.39 is 13.9 Å². The van der Waals surface area contributed by atoms with Crippen LogP contribution in [0, 0.1) is 5.92 Å². The van der Waals surface area contributed by atoms with Crippen LogP contribution in [0.25, 0.3) is 0 Å². The van der Waals surface area contributed by atoms with E-state index in [-0.39, 0.29) is 36.2 Å². The number of piperidine rings is 1. The number of hydrogen-bond acceptors (Lipinski definition) is 7. The molecule has 3 fully saturated rings. The molecule has 1 spiro atoms. The first-order valence-corrected chi connectivity index (χ1v) is 19.4. The molecule has 6 rings (SSSR count). The number of amides is 1. The molecular formula is C34H47FN6O3Si. The quantitative estimate of drug-likeness (QED) is 0.233. The topological polar surface area (TPSA) is 95.8 Å². The van der Waals surface area contributed by atoms with Crippen LogP contribution in [-0.4, -0.2) is 78.5 Å². The van der Waals surface area contributed by atoms with Crippen LogP contribution in [0.4, 0.5) is 15.5 Å². The third-order valence-corrected chi connectivity index (χ3v) is 12.7. The Morgan fingerprint density at radius 3 is 2.44 bits per heavy atom. The van der Waals surface area contributed by atoms with Gasteiger partial charge in [0.15, 0.2) is 0 Å². The molecule has 3 aromatic rings. The predicted molar refractivity (Wildman–Crippen MR) is 176 cm³/mol. The molecule has 4 atom stereocenters. The maximum absolute atomic E-state index is 15.6. The van der Waals surface area contributed by atoms with Crippen molar-refractivity contribution in [1.29, 1.82) is 0 Å². The summed E-state index contributed by atoms with van der Waals surface area (Å²) in [7, 11) is -2.97. The van der Waals surface area contributed by atoms with Gasteiger partial charge in [-0.3, -0.25) is 14.4 Å². The summed E-state index contributed by atoms with van der Waals surface area (Å²) in [5, 5.41) is 20.9. The van der Waals surface area contributed by atoms with E-state index in [1.165, 1.54) is 5.56 Å². The Morgan fingerprint density at radius 1 is 1.02 bits per heavy atom. The predicted octanol–water partition coefficient (Wildman–Crippen LogP) is 4.72. The summed E-state index contributed by atoms with van der Waals surface area (Å²) < 4.78 is 24.0. The zero-order valence-corrected chi connectivity index (χ0v) is 27.7. The Hall–Kier alpha value is -3.12. The van der Waals surface area contributed by atoms with Crippen molar-refractivity contribution in [2.75, 3.05) is 36.2 Å². The fourth-order valence-electron chi connectivity index (χ4n) is 7.90. The molecule has 3 aliphatic heterocycles. The number of ether oxygens (including phenoxy) is 1. The lowest BCUT2D eigenvalue weighted by Crippen LogP contribution is -2.55. The molecular weight excluding hydrogens is 587 g/mol. The average molecular weight is 635 g/mol. The van der Waals surface area contributed by atoms with Gasteiger partial charge in [0.05, 0.1) is 24.6 Å². The molecule has 0 aliphatic carbocycles. The number of carbonyl (C=O) groups excluding carboxylic acids is 1. The van der Waals surface area contributed by atoms with Crippen LogP contribution in [0.3, 0.4) is 0 Å². The largest absolute Gasteiger partial charge is 0.396 e. The minimum absolute atomic E-state index is 0.0118. The molecule has 0 unspecified atom stereocenters. The van der Waals surface area contributed by atoms with Gasteiger partial charge in [0.2, 0.25) is 8.41 Å². The van der Waals surface area contributed by atoms with E-state index in [4.69, 9.17) is 9.84 Å². The lowest BCUT2D eigenvalue weighted by atomic mass is 9.86. The maximum atomic E-state index is 15.6. The van der Waals surface area contributed by atoms with Crippen molar-refractivity contribution in [1.82, 2.24) is 20.3 Å². The van der Waals surface area contributed by atoms with Gasteiger partial charge >= 0.3 is 0 Å². The SMILES string of the molecule is C[C@H]1[C@H]([Si](C)(C)F)[C@@H](CCn2cc(CCO)nn2)O[C@H]1CCc1ccc(N2CN(c3ccccc3)C3(CCNCC3)C2=O)cc1. The van der Waals surface area contributed by atoms with Gasteiger partial charge in [-0.2, -0.15) is 0 Å². The van der Waals surface area contributed by atoms with Gasteiger partial charge in [0.1, 0.15) is 5.54 Å². The Bertz CT molecular complexity index is 1430. The smallest absolute Gasteiger partial charge is 0.254 e. The lowest BCUT2D eigenvalue weighted by molar-refractivity contribution is -0.122. The van der Waals surface area contributed by atoms with Gasteiger partial charge in [0.25, 0.3) is 5.91 Å². The Balaban J connectivity index is 1.10. The summed E-state index contributed by atoms with van der Waals surface area (Å²) in [6.07, 6.45) is 6.08. The number of aryl methyl sites for hydroxylation is 2. The van der Waals surface area contributed by atoms with Crippen molar-refractivity contribution in [3.8, 4) is 0 Å². The second-order valence-electron chi connectivity index (χ2n) is 13.5. The number of aliphatic hydroxyl groups is 1. The van der Waals surface area contributed by atoms with Gasteiger partial charge in [-0.15, -0.1) is 5.10 Å². The van der Waals surface area contributed by atoms with Crippen LogP contribution in [0.15, 0.2) is 60.8 Å². The first kappa shape index (κ1) is 31.8. The number of anilines is 2. The molecule has 1 aromatic heterocycles. The average Bonchev–Trinajstić information content (AvgIpc) is 3.70. The minimum Gasteiger partial charge on any atom is -0.396 e. The standard InChI is InChI=1S/C34H47FN6O3Si/c1-25-30(44-31(32(25)45(2,3)35)15-21-39-23-27(16-22-42)37-38-39)14-11-26-9-12-28(13-10-26)40-24-41(29-7-5-4-6-8-29)34(33(40)43)17-19-36-20-18-34/h4-10,12-13,23,25,30-32,36,42H,11,14-22,24H2,1-3H3/t25-,30+,31-,32+/m1/s1. The number of nitrogens with zero attached hydrogens (tertiary/aromatic N) is 5. The normalized spacial score (nSPS) is 25.0. The fraction of sp³-hybridized carbons (Fsp3) is 0.559. The second kappa shape index (κ2) is 13.3. The monoisotopic (exact) mass is 634 g/mol. The van der Waals surface area contributed by atoms with Gasteiger partial charge in [-0.25, -0.2) is 0 Å². The molecule has 3 aliphatic rings. The van der Waals surface area contributed by atoms with Gasteiger partial charge in [-0.05, 0) is 94.0 Å². The Morgan fingerprint density at radius 2 is 1.76 bits per heavy atom. The molecule has 0 bridgehead atoms. The maximum Gasteiger partial charge on any atom is 0.254 e. The number of nitrogens with one attached hydrogen (secondary N) is 1. The highest BCUT2D eigenvalue weighted by Crippen LogP contribution is 2.47. The molecule has 0 saturated carbocycles. The van der Waals surface area contributed by atoms with Gasteiger partial charge < -0.3 is 24.2 Å². The number of aromatic nitrogens is 3. The van der Waals surface area contributed by atoms with Crippen molar-refractivity contribution >= 4 is 25.7 Å². The highest BCUT2D eigenvalue weighted by Gasteiger charge is 2.53. The third kappa shape index (κ3) is 6.58. The summed E-state index contributed by atoms with van der Waals surface area (Å²) >= 11 is 0. The Labute approximate surface area is 266 Å². The van der Waals surface area contributed by atoms with Crippen molar-refractivity contribution in [3.05, 3.63) is 72.1 Å². The van der Waals surface area contributed by atoms with Crippen LogP contribution in [0.5, 0.6) is 0 Å². The number of para-hydroxylation sites is 1. The molecule has 1 amide bonds. The molecule has 11 heteroatoms. The lowest BCUT2D eigenvalue weighted by Gasteiger charge is -2.39. The van der Waals surface area contributed by atoms with E-state index in [9.17, 15) is 4.79 Å². The van der Waals surface area contributed by atoms with Crippen LogP contribution in [0.1, 0.15) is 43.9 Å². The van der Waals surface area contributed by atoms with Crippen LogP contribution in [0.2, 0.25) is 18.6 Å². The van der Waals surface area contributed by atoms with Crippen molar-refractivity contribution in [3.63, 3.8) is 0 Å². The highest BCUT2D eigenvalue weighted by atomic mass is 28.4. The number of carbonyl (C=O) groups is 1. The highest BCUT2D eigenvalue weighted by molar-refractivity contribution is 6.72. The van der Waals surface area contributed by atoms with E-state index >= 15 is 4.11 Å². The summed E-state index contributed by atoms with van der Waals surface area (Å²) in [6.45, 7) is 8.60. The molecule has 9 nitrogen and oxygen atoms in total. The van der Waals surface area contributed by atoms with Crippen LogP contribution < -0.4 is 15.1 Å². The summed E-state index contributed by atoms with van der Waals surface area (Å²) in [5.41, 5.74) is 3.35. The zero-order chi connectivity index (χ0) is 31.6. The first-order valence-electron chi connectivity index (χ1n) is 16.5. The van der Waals surface area contributed by atoms with E-state index in [1.807, 2.05) is 29.3 Å². The van der Waals surface area contributed by atoms with Crippen molar-refractivity contribution in [2.24, 2.45) is 5.92 Å². The van der Waals surface area contributed by atoms with Crippen LogP contribution >= 0.6 is 0 Å². The summed E-state index contributed by atoms with van der Waals surface area (Å²) in [5.74, 6) is 0.313. The zero-order valence-electron chi connectivity index (χ0n) is 26.7. The number of aliphatic hydroxyl groups excluding tert-OH is 1. The molecule has 45 heavy (non-hydrogen) atoms. The second-order valence-corrected chi connectivity index (χ2v) is 17.3. The molecule has 4 heterocycles. The molecule has 2 aromatic carbocycles. The Kier molecular flexibility index (Phi) is 9.42. The number of benzene rings is 2. The van der Waals surface area contributed by atoms with E-state index in [0.29, 0.717) is 26.1 Å². The summed E-state index contributed by atoms with van der Waals surface area (Å²) in [4.78, 5) is 18.2. The van der Waals surface area contributed by atoms with E-state index in [1.54, 1.807) is 17.8 Å². The van der Waals surface area contributed by atoms with Gasteiger partial charge in [0, 0.05) is 42.7 Å². The minimum atomic E-state index is -2.97. The molecule has 0 radical (unpaired) electrons. The van der Waals surface area contributed by atoms with Crippen LogP contribution in [-0.2, 0) is 28.9 Å². The number of halogens is 1. The number of rotatable bonds is 11.